The summed E-state index contributed by atoms with van der Waals surface area (Å²) >= 11 is 5.98. The molecule has 0 aliphatic rings. The normalized spacial score (nSPS) is 12.1. The summed E-state index contributed by atoms with van der Waals surface area (Å²) < 4.78 is 27.5. The minimum absolute atomic E-state index is 0.104. The lowest BCUT2D eigenvalue weighted by atomic mass is 9.98. The van der Waals surface area contributed by atoms with Gasteiger partial charge in [-0.2, -0.15) is 0 Å². The Morgan fingerprint density at radius 2 is 1.73 bits per heavy atom. The summed E-state index contributed by atoms with van der Waals surface area (Å²) in [5.74, 6) is -3.77. The summed E-state index contributed by atoms with van der Waals surface area (Å²) in [5.41, 5.74) is 4.68. The van der Waals surface area contributed by atoms with Gasteiger partial charge in [0.25, 0.3) is 11.8 Å². The summed E-state index contributed by atoms with van der Waals surface area (Å²) in [6.07, 6.45) is 1.87. The lowest BCUT2D eigenvalue weighted by Gasteiger charge is -2.19. The Balaban J connectivity index is 1.64. The van der Waals surface area contributed by atoms with E-state index >= 15 is 0 Å². The second-order valence-electron chi connectivity index (χ2n) is 9.56. The Hall–Kier alpha value is -4.24. The molecule has 1 aromatic heterocycles. The van der Waals surface area contributed by atoms with Crippen molar-refractivity contribution in [2.24, 2.45) is 0 Å². The van der Waals surface area contributed by atoms with E-state index in [0.29, 0.717) is 33.9 Å². The molecule has 0 saturated heterocycles. The molecule has 4 N–H and O–H groups in total. The number of H-pyrrole nitrogens is 1. The number of anilines is 1. The molecule has 0 spiro atoms. The third kappa shape index (κ3) is 7.24. The van der Waals surface area contributed by atoms with E-state index in [1.54, 1.807) is 54.9 Å². The largest absolute Gasteiger partial charge is 0.379 e. The topological polar surface area (TPSA) is 98.9 Å². The summed E-state index contributed by atoms with van der Waals surface area (Å²) in [4.78, 5) is 33.4. The molecule has 4 aromatic rings. The Kier molecular flexibility index (Phi) is 8.84. The monoisotopic (exact) mass is 565 g/mol. The van der Waals surface area contributed by atoms with Crippen LogP contribution in [0.4, 0.5) is 14.5 Å². The van der Waals surface area contributed by atoms with Crippen LogP contribution < -0.4 is 16.0 Å². The lowest BCUT2D eigenvalue weighted by Crippen LogP contribution is -2.47. The molecule has 0 unspecified atom stereocenters. The van der Waals surface area contributed by atoms with Gasteiger partial charge in [-0.15, -0.1) is 0 Å². The summed E-state index contributed by atoms with van der Waals surface area (Å²) in [7, 11) is 1.51. The maximum atomic E-state index is 13.8. The maximum absolute atomic E-state index is 13.8. The fraction of sp³-hybridized carbons (Fsp3) is 0.233. The number of benzene rings is 3. The summed E-state index contributed by atoms with van der Waals surface area (Å²) in [6, 6.07) is 17.3. The fourth-order valence-electron chi connectivity index (χ4n) is 4.22. The molecule has 4 rings (SSSR count). The van der Waals surface area contributed by atoms with E-state index in [2.05, 4.69) is 25.9 Å². The van der Waals surface area contributed by atoms with Gasteiger partial charge in [-0.05, 0) is 53.9 Å². The zero-order chi connectivity index (χ0) is 28.9. The van der Waals surface area contributed by atoms with Crippen LogP contribution >= 0.6 is 11.6 Å². The first-order valence-electron chi connectivity index (χ1n) is 12.7. The van der Waals surface area contributed by atoms with Crippen molar-refractivity contribution in [3.8, 4) is 11.1 Å². The number of nitrogens with zero attached hydrogens (tertiary/aromatic N) is 1. The molecule has 0 fully saturated rings. The predicted molar refractivity (Wildman–Crippen MR) is 153 cm³/mol. The number of aromatic nitrogens is 2. The highest BCUT2D eigenvalue weighted by atomic mass is 35.5. The molecule has 40 heavy (non-hydrogen) atoms. The van der Waals surface area contributed by atoms with Gasteiger partial charge in [-0.3, -0.25) is 9.59 Å². The fourth-order valence-corrected chi connectivity index (χ4v) is 4.34. The summed E-state index contributed by atoms with van der Waals surface area (Å²) in [6.45, 7) is 3.15. The SMILES string of the molecule is CNC(=O)[C@@H](Cc1ccc(Cl)cc1)NC(=O)c1cc(NCc2nc[nH]c2C)cc(-c2ccc(C(C)(F)F)cc2)c1. The first-order chi connectivity index (χ1) is 19.0. The van der Waals surface area contributed by atoms with Gasteiger partial charge in [0.1, 0.15) is 6.04 Å². The van der Waals surface area contributed by atoms with Crippen LogP contribution in [0.2, 0.25) is 5.02 Å². The highest BCUT2D eigenvalue weighted by Gasteiger charge is 2.24. The molecule has 0 saturated carbocycles. The lowest BCUT2D eigenvalue weighted by molar-refractivity contribution is -0.122. The van der Waals surface area contributed by atoms with E-state index in [4.69, 9.17) is 11.6 Å². The average molecular weight is 566 g/mol. The minimum Gasteiger partial charge on any atom is -0.379 e. The number of likely N-dealkylation sites (N-methyl/N-ethyl adjacent to an activating group) is 1. The van der Waals surface area contributed by atoms with Gasteiger partial charge in [-0.1, -0.05) is 48.0 Å². The van der Waals surface area contributed by atoms with Gasteiger partial charge in [0.15, 0.2) is 0 Å². The minimum atomic E-state index is -2.96. The van der Waals surface area contributed by atoms with E-state index in [0.717, 1.165) is 23.9 Å². The van der Waals surface area contributed by atoms with Crippen LogP contribution in [0.25, 0.3) is 11.1 Å². The van der Waals surface area contributed by atoms with Crippen molar-refractivity contribution in [2.45, 2.75) is 38.8 Å². The number of imidazole rings is 1. The van der Waals surface area contributed by atoms with Gasteiger partial charge in [-0.25, -0.2) is 13.8 Å². The number of carbonyl (C=O) groups is 2. The van der Waals surface area contributed by atoms with Crippen LogP contribution in [-0.2, 0) is 23.7 Å². The van der Waals surface area contributed by atoms with Crippen LogP contribution in [-0.4, -0.2) is 34.9 Å². The van der Waals surface area contributed by atoms with Crippen LogP contribution in [0.15, 0.2) is 73.1 Å². The van der Waals surface area contributed by atoms with Crippen LogP contribution in [0.5, 0.6) is 0 Å². The molecule has 208 valence electrons. The van der Waals surface area contributed by atoms with Gasteiger partial charge < -0.3 is 20.9 Å². The molecule has 1 heterocycles. The van der Waals surface area contributed by atoms with E-state index < -0.39 is 17.9 Å². The molecular weight excluding hydrogens is 536 g/mol. The molecule has 3 aromatic carbocycles. The standard InChI is InChI=1S/C30H30ClF2N5O2/c1-18-27(37-17-36-18)16-35-25-14-21(20-6-8-23(9-7-20)30(2,32)33)13-22(15-25)28(39)38-26(29(40)34-3)12-19-4-10-24(31)11-5-19/h4-11,13-15,17,26,35H,12,16H2,1-3H3,(H,34,40)(H,36,37)(H,38,39)/t26-/m1/s1. The predicted octanol–water partition coefficient (Wildman–Crippen LogP) is 5.85. The molecule has 0 bridgehead atoms. The number of aryl methyl sites for hydroxylation is 1. The third-order valence-electron chi connectivity index (χ3n) is 6.54. The van der Waals surface area contributed by atoms with Crippen LogP contribution in [0.3, 0.4) is 0 Å². The highest BCUT2D eigenvalue weighted by molar-refractivity contribution is 6.30. The number of aromatic amines is 1. The Morgan fingerprint density at radius 1 is 1.02 bits per heavy atom. The maximum Gasteiger partial charge on any atom is 0.270 e. The van der Waals surface area contributed by atoms with Crippen molar-refractivity contribution >= 4 is 29.1 Å². The smallest absolute Gasteiger partial charge is 0.270 e. The van der Waals surface area contributed by atoms with Crippen molar-refractivity contribution in [3.63, 3.8) is 0 Å². The van der Waals surface area contributed by atoms with Gasteiger partial charge in [0.2, 0.25) is 5.91 Å². The summed E-state index contributed by atoms with van der Waals surface area (Å²) in [5, 5.41) is 9.29. The number of carbonyl (C=O) groups excluding carboxylic acids is 2. The molecule has 10 heteroatoms. The van der Waals surface area contributed by atoms with E-state index in [-0.39, 0.29) is 17.9 Å². The zero-order valence-electron chi connectivity index (χ0n) is 22.3. The van der Waals surface area contributed by atoms with E-state index in [1.165, 1.54) is 19.2 Å². The number of rotatable bonds is 10. The average Bonchev–Trinajstić information content (AvgIpc) is 3.36. The number of alkyl halides is 2. The highest BCUT2D eigenvalue weighted by Crippen LogP contribution is 2.31. The Bertz CT molecular complexity index is 1480. The molecule has 1 atom stereocenters. The Labute approximate surface area is 236 Å². The number of nitrogens with one attached hydrogen (secondary N) is 4. The second-order valence-corrected chi connectivity index (χ2v) is 10.00. The molecule has 0 aliphatic heterocycles. The third-order valence-corrected chi connectivity index (χ3v) is 6.79. The van der Waals surface area contributed by atoms with Crippen LogP contribution in [0.1, 0.15) is 39.8 Å². The van der Waals surface area contributed by atoms with Crippen LogP contribution in [0, 0.1) is 6.92 Å². The van der Waals surface area contributed by atoms with Crippen molar-refractivity contribution in [3.05, 3.63) is 106 Å². The first-order valence-corrected chi connectivity index (χ1v) is 13.0. The molecule has 0 aliphatic carbocycles. The molecular formula is C30H30ClF2N5O2. The number of hydrogen-bond donors (Lipinski definition) is 4. The molecule has 7 nitrogen and oxygen atoms in total. The van der Waals surface area contributed by atoms with Crippen molar-refractivity contribution < 1.29 is 18.4 Å². The van der Waals surface area contributed by atoms with Crippen molar-refractivity contribution in [1.82, 2.24) is 20.6 Å². The number of halogens is 3. The Morgan fingerprint density at radius 3 is 2.33 bits per heavy atom. The quantitative estimate of drug-likeness (QED) is 0.194. The van der Waals surface area contributed by atoms with E-state index in [1.807, 2.05) is 13.0 Å². The number of hydrogen-bond acceptors (Lipinski definition) is 4. The first kappa shape index (κ1) is 28.8. The second kappa shape index (κ2) is 12.3. The molecule has 0 radical (unpaired) electrons. The zero-order valence-corrected chi connectivity index (χ0v) is 23.1. The molecule has 2 amide bonds. The van der Waals surface area contributed by atoms with Crippen molar-refractivity contribution in [1.29, 1.82) is 0 Å². The van der Waals surface area contributed by atoms with Gasteiger partial charge in [0.05, 0.1) is 18.6 Å². The van der Waals surface area contributed by atoms with E-state index in [9.17, 15) is 18.4 Å². The van der Waals surface area contributed by atoms with Gasteiger partial charge >= 0.3 is 0 Å². The number of amides is 2. The van der Waals surface area contributed by atoms with Gasteiger partial charge in [0, 0.05) is 47.9 Å². The van der Waals surface area contributed by atoms with Crippen molar-refractivity contribution in [2.75, 3.05) is 12.4 Å².